The molecule has 0 saturated heterocycles. The lowest BCUT2D eigenvalue weighted by atomic mass is 10.1. The van der Waals surface area contributed by atoms with Gasteiger partial charge in [-0.25, -0.2) is 5.43 Å². The Balaban J connectivity index is 2.09. The summed E-state index contributed by atoms with van der Waals surface area (Å²) in [7, 11) is 0. The number of nitrogens with zero attached hydrogens (tertiary/aromatic N) is 1. The molecule has 2 rings (SSSR count). The van der Waals surface area contributed by atoms with Crippen LogP contribution in [-0.4, -0.2) is 22.3 Å². The second-order valence-electron chi connectivity index (χ2n) is 4.23. The minimum atomic E-state index is -0.334. The van der Waals surface area contributed by atoms with Crippen molar-refractivity contribution in [2.24, 2.45) is 5.10 Å². The molecule has 0 atom stereocenters. The average molecular weight is 270 g/mol. The first-order valence-electron chi connectivity index (χ1n) is 5.99. The molecule has 0 saturated carbocycles. The van der Waals surface area contributed by atoms with Gasteiger partial charge in [-0.2, -0.15) is 5.10 Å². The molecule has 0 fully saturated rings. The van der Waals surface area contributed by atoms with Gasteiger partial charge in [0.25, 0.3) is 5.91 Å². The molecule has 0 aliphatic heterocycles. The lowest BCUT2D eigenvalue weighted by molar-refractivity contribution is 0.0954. The Bertz CT molecular complexity index is 666. The molecule has 0 spiro atoms. The minimum Gasteiger partial charge on any atom is -0.504 e. The van der Waals surface area contributed by atoms with Crippen molar-refractivity contribution in [3.05, 3.63) is 59.2 Å². The lowest BCUT2D eigenvalue weighted by Crippen LogP contribution is -2.18. The van der Waals surface area contributed by atoms with E-state index in [-0.39, 0.29) is 17.4 Å². The summed E-state index contributed by atoms with van der Waals surface area (Å²) in [5.41, 5.74) is 4.07. The average Bonchev–Trinajstić information content (AvgIpc) is 2.44. The number of hydrogen-bond donors (Lipinski definition) is 3. The van der Waals surface area contributed by atoms with Gasteiger partial charge in [0.1, 0.15) is 0 Å². The van der Waals surface area contributed by atoms with Gasteiger partial charge >= 0.3 is 0 Å². The van der Waals surface area contributed by atoms with E-state index in [2.05, 4.69) is 10.5 Å². The number of aromatic hydroxyl groups is 2. The van der Waals surface area contributed by atoms with Crippen LogP contribution in [0.2, 0.25) is 0 Å². The van der Waals surface area contributed by atoms with Crippen molar-refractivity contribution < 1.29 is 15.0 Å². The smallest absolute Gasteiger partial charge is 0.271 e. The van der Waals surface area contributed by atoms with E-state index in [1.807, 2.05) is 19.1 Å². The first-order valence-corrected chi connectivity index (χ1v) is 5.99. The van der Waals surface area contributed by atoms with Gasteiger partial charge in [0.05, 0.1) is 6.21 Å². The number of amides is 1. The van der Waals surface area contributed by atoms with E-state index >= 15 is 0 Å². The van der Waals surface area contributed by atoms with Crippen LogP contribution in [0.1, 0.15) is 21.5 Å². The normalized spacial score (nSPS) is 10.7. The van der Waals surface area contributed by atoms with Gasteiger partial charge in [0.2, 0.25) is 0 Å². The number of phenols is 2. The second-order valence-corrected chi connectivity index (χ2v) is 4.23. The molecular weight excluding hydrogens is 256 g/mol. The van der Waals surface area contributed by atoms with E-state index in [9.17, 15) is 15.0 Å². The molecule has 2 aromatic carbocycles. The maximum absolute atomic E-state index is 11.9. The molecule has 2 aromatic rings. The van der Waals surface area contributed by atoms with Crippen LogP contribution in [0.25, 0.3) is 0 Å². The van der Waals surface area contributed by atoms with E-state index in [1.165, 1.54) is 12.3 Å². The number of carbonyl (C=O) groups excluding carboxylic acids is 1. The zero-order valence-electron chi connectivity index (χ0n) is 10.9. The van der Waals surface area contributed by atoms with Crippen LogP contribution in [0.15, 0.2) is 47.6 Å². The SMILES string of the molecule is Cc1ccccc1C(=O)N/N=C\c1cccc(O)c1O. The molecule has 0 aliphatic carbocycles. The summed E-state index contributed by atoms with van der Waals surface area (Å²) < 4.78 is 0. The van der Waals surface area contributed by atoms with Crippen molar-refractivity contribution in [2.45, 2.75) is 6.92 Å². The van der Waals surface area contributed by atoms with Crippen LogP contribution in [0, 0.1) is 6.92 Å². The van der Waals surface area contributed by atoms with Crippen molar-refractivity contribution in [3.63, 3.8) is 0 Å². The van der Waals surface area contributed by atoms with Gasteiger partial charge in [-0.15, -0.1) is 0 Å². The number of para-hydroxylation sites is 1. The summed E-state index contributed by atoms with van der Waals surface area (Å²) in [6, 6.07) is 11.6. The summed E-state index contributed by atoms with van der Waals surface area (Å²) in [6.07, 6.45) is 1.27. The molecule has 5 nitrogen and oxygen atoms in total. The Morgan fingerprint density at radius 1 is 1.15 bits per heavy atom. The third-order valence-electron chi connectivity index (χ3n) is 2.81. The topological polar surface area (TPSA) is 81.9 Å². The number of benzene rings is 2. The van der Waals surface area contributed by atoms with Gasteiger partial charge in [-0.1, -0.05) is 24.3 Å². The van der Waals surface area contributed by atoms with E-state index in [1.54, 1.807) is 24.3 Å². The van der Waals surface area contributed by atoms with Crippen molar-refractivity contribution in [3.8, 4) is 11.5 Å². The monoisotopic (exact) mass is 270 g/mol. The predicted molar refractivity (Wildman–Crippen MR) is 76.0 cm³/mol. The first-order chi connectivity index (χ1) is 9.59. The molecule has 0 radical (unpaired) electrons. The summed E-state index contributed by atoms with van der Waals surface area (Å²) in [5.74, 6) is -0.848. The minimum absolute atomic E-state index is 0.237. The number of hydrogen-bond acceptors (Lipinski definition) is 4. The Labute approximate surface area is 116 Å². The Hall–Kier alpha value is -2.82. The molecular formula is C15H14N2O3. The van der Waals surface area contributed by atoms with Crippen LogP contribution < -0.4 is 5.43 Å². The van der Waals surface area contributed by atoms with Gasteiger partial charge in [-0.3, -0.25) is 4.79 Å². The van der Waals surface area contributed by atoms with Gasteiger partial charge < -0.3 is 10.2 Å². The standard InChI is InChI=1S/C15H14N2O3/c1-10-5-2-3-7-12(10)15(20)17-16-9-11-6-4-8-13(18)14(11)19/h2-9,18-19H,1H3,(H,17,20)/b16-9-. The van der Waals surface area contributed by atoms with Gasteiger partial charge in [0, 0.05) is 11.1 Å². The van der Waals surface area contributed by atoms with Gasteiger partial charge in [0.15, 0.2) is 11.5 Å². The Kier molecular flexibility index (Phi) is 4.00. The van der Waals surface area contributed by atoms with Crippen molar-refractivity contribution in [1.82, 2.24) is 5.43 Å². The molecule has 102 valence electrons. The zero-order chi connectivity index (χ0) is 14.5. The van der Waals surface area contributed by atoms with Gasteiger partial charge in [-0.05, 0) is 30.7 Å². The van der Waals surface area contributed by atoms with E-state index < -0.39 is 0 Å². The number of nitrogens with one attached hydrogen (secondary N) is 1. The third kappa shape index (κ3) is 2.95. The molecule has 1 amide bonds. The molecule has 0 aromatic heterocycles. The fourth-order valence-electron chi connectivity index (χ4n) is 1.70. The quantitative estimate of drug-likeness (QED) is 0.454. The fourth-order valence-corrected chi connectivity index (χ4v) is 1.70. The molecule has 5 heteroatoms. The number of phenolic OH excluding ortho intramolecular Hbond substituents is 2. The predicted octanol–water partition coefficient (Wildman–Crippen LogP) is 2.17. The van der Waals surface area contributed by atoms with E-state index in [4.69, 9.17) is 0 Å². The summed E-state index contributed by atoms with van der Waals surface area (Å²) in [6.45, 7) is 1.83. The van der Waals surface area contributed by atoms with Crippen LogP contribution >= 0.6 is 0 Å². The van der Waals surface area contributed by atoms with Crippen LogP contribution in [-0.2, 0) is 0 Å². The number of hydrazone groups is 1. The lowest BCUT2D eigenvalue weighted by Gasteiger charge is -2.03. The highest BCUT2D eigenvalue weighted by atomic mass is 16.3. The van der Waals surface area contributed by atoms with E-state index in [0.717, 1.165) is 5.56 Å². The molecule has 0 bridgehead atoms. The first kappa shape index (κ1) is 13.6. The molecule has 20 heavy (non-hydrogen) atoms. The highest BCUT2D eigenvalue weighted by Gasteiger charge is 2.07. The summed E-state index contributed by atoms with van der Waals surface area (Å²) >= 11 is 0. The largest absolute Gasteiger partial charge is 0.504 e. The fraction of sp³-hybridized carbons (Fsp3) is 0.0667. The van der Waals surface area contributed by atoms with Crippen molar-refractivity contribution in [2.75, 3.05) is 0 Å². The maximum atomic E-state index is 11.9. The van der Waals surface area contributed by atoms with Crippen LogP contribution in [0.3, 0.4) is 0 Å². The van der Waals surface area contributed by atoms with Crippen molar-refractivity contribution in [1.29, 1.82) is 0 Å². The molecule has 0 unspecified atom stereocenters. The molecule has 3 N–H and O–H groups in total. The van der Waals surface area contributed by atoms with Crippen LogP contribution in [0.5, 0.6) is 11.5 Å². The van der Waals surface area contributed by atoms with Crippen molar-refractivity contribution >= 4 is 12.1 Å². The molecule has 0 aliphatic rings. The molecule has 0 heterocycles. The number of rotatable bonds is 3. The maximum Gasteiger partial charge on any atom is 0.271 e. The highest BCUT2D eigenvalue weighted by molar-refractivity contribution is 5.96. The number of carbonyl (C=O) groups is 1. The zero-order valence-corrected chi connectivity index (χ0v) is 10.9. The summed E-state index contributed by atoms with van der Waals surface area (Å²) in [4.78, 5) is 11.9. The van der Waals surface area contributed by atoms with Crippen LogP contribution in [0.4, 0.5) is 0 Å². The highest BCUT2D eigenvalue weighted by Crippen LogP contribution is 2.26. The number of aryl methyl sites for hydroxylation is 1. The second kappa shape index (κ2) is 5.88. The Morgan fingerprint density at radius 2 is 1.90 bits per heavy atom. The third-order valence-corrected chi connectivity index (χ3v) is 2.81. The summed E-state index contributed by atoms with van der Waals surface area (Å²) in [5, 5.41) is 22.7. The Morgan fingerprint density at radius 3 is 2.65 bits per heavy atom. The van der Waals surface area contributed by atoms with E-state index in [0.29, 0.717) is 11.1 Å².